The van der Waals surface area contributed by atoms with Gasteiger partial charge in [-0.2, -0.15) is 0 Å². The molecule has 1 N–H and O–H groups in total. The highest BCUT2D eigenvalue weighted by Crippen LogP contribution is 2.24. The maximum absolute atomic E-state index is 12.6. The quantitative estimate of drug-likeness (QED) is 0.923. The fourth-order valence-corrected chi connectivity index (χ4v) is 3.97. The summed E-state index contributed by atoms with van der Waals surface area (Å²) < 4.78 is 0. The zero-order valence-electron chi connectivity index (χ0n) is 14.7. The first kappa shape index (κ1) is 17.4. The van der Waals surface area contributed by atoms with Crippen LogP contribution in [0.4, 0.5) is 0 Å². The van der Waals surface area contributed by atoms with Crippen molar-refractivity contribution in [1.29, 1.82) is 0 Å². The summed E-state index contributed by atoms with van der Waals surface area (Å²) >= 11 is 0. The molecule has 2 atom stereocenters. The Kier molecular flexibility index (Phi) is 5.90. The number of likely N-dealkylation sites (tertiary alicyclic amines) is 2. The Morgan fingerprint density at radius 2 is 1.88 bits per heavy atom. The van der Waals surface area contributed by atoms with E-state index in [2.05, 4.69) is 11.8 Å². The van der Waals surface area contributed by atoms with E-state index in [0.717, 1.165) is 32.0 Å². The molecule has 2 aliphatic rings. The van der Waals surface area contributed by atoms with Crippen molar-refractivity contribution in [3.05, 3.63) is 35.9 Å². The van der Waals surface area contributed by atoms with Crippen LogP contribution in [-0.4, -0.2) is 53.5 Å². The topological polar surface area (TPSA) is 43.8 Å². The van der Waals surface area contributed by atoms with Crippen molar-refractivity contribution >= 4 is 5.91 Å². The number of aliphatic hydroxyl groups excluding tert-OH is 1. The summed E-state index contributed by atoms with van der Waals surface area (Å²) in [6, 6.07) is 9.26. The van der Waals surface area contributed by atoms with Gasteiger partial charge in [-0.15, -0.1) is 0 Å². The monoisotopic (exact) mass is 330 g/mol. The molecule has 0 bridgehead atoms. The fraction of sp³-hybridized carbons (Fsp3) is 0.650. The molecule has 4 heteroatoms. The van der Waals surface area contributed by atoms with E-state index >= 15 is 0 Å². The number of hydrogen-bond donors (Lipinski definition) is 1. The Balaban J connectivity index is 1.54. The summed E-state index contributed by atoms with van der Waals surface area (Å²) in [6.07, 6.45) is 3.80. The number of carbonyl (C=O) groups excluding carboxylic acids is 1. The second-order valence-electron chi connectivity index (χ2n) is 7.59. The highest BCUT2D eigenvalue weighted by molar-refractivity contribution is 5.82. The molecule has 2 heterocycles. The van der Waals surface area contributed by atoms with Gasteiger partial charge in [0.2, 0.25) is 0 Å². The zero-order chi connectivity index (χ0) is 16.9. The number of nitrogens with zero attached hydrogens (tertiary/aromatic N) is 2. The van der Waals surface area contributed by atoms with E-state index in [0.29, 0.717) is 11.5 Å². The predicted octanol–water partition coefficient (Wildman–Crippen LogP) is 2.69. The van der Waals surface area contributed by atoms with Crippen LogP contribution in [0.1, 0.15) is 44.3 Å². The van der Waals surface area contributed by atoms with Gasteiger partial charge < -0.3 is 14.9 Å². The van der Waals surface area contributed by atoms with Crippen LogP contribution in [0.25, 0.3) is 0 Å². The van der Waals surface area contributed by atoms with Crippen LogP contribution in [0, 0.1) is 11.8 Å². The summed E-state index contributed by atoms with van der Waals surface area (Å²) in [4.78, 5) is 17.1. The summed E-state index contributed by atoms with van der Waals surface area (Å²) in [5, 5.41) is 10.4. The van der Waals surface area contributed by atoms with E-state index < -0.39 is 6.10 Å². The van der Waals surface area contributed by atoms with Crippen LogP contribution in [-0.2, 0) is 4.79 Å². The number of amides is 1. The van der Waals surface area contributed by atoms with Gasteiger partial charge in [0.15, 0.2) is 6.10 Å². The van der Waals surface area contributed by atoms with E-state index in [1.807, 2.05) is 35.2 Å². The van der Waals surface area contributed by atoms with Crippen LogP contribution in [0.5, 0.6) is 0 Å². The molecule has 24 heavy (non-hydrogen) atoms. The Hall–Kier alpha value is -1.39. The second-order valence-corrected chi connectivity index (χ2v) is 7.59. The number of benzene rings is 1. The fourth-order valence-electron chi connectivity index (χ4n) is 3.97. The summed E-state index contributed by atoms with van der Waals surface area (Å²) in [7, 11) is 0. The Labute approximate surface area is 145 Å². The molecular weight excluding hydrogens is 300 g/mol. The third-order valence-electron chi connectivity index (χ3n) is 5.57. The minimum Gasteiger partial charge on any atom is -0.378 e. The molecule has 2 saturated heterocycles. The molecule has 0 radical (unpaired) electrons. The van der Waals surface area contributed by atoms with E-state index in [4.69, 9.17) is 0 Å². The Morgan fingerprint density at radius 3 is 2.58 bits per heavy atom. The second kappa shape index (κ2) is 8.13. The highest BCUT2D eigenvalue weighted by atomic mass is 16.3. The first-order chi connectivity index (χ1) is 11.6. The van der Waals surface area contributed by atoms with Gasteiger partial charge in [0.05, 0.1) is 0 Å². The normalized spacial score (nSPS) is 24.8. The van der Waals surface area contributed by atoms with Gasteiger partial charge in [-0.3, -0.25) is 4.79 Å². The SMILES string of the molecule is CC1CCN(CC2CCCN(C(=O)C(O)c3ccccc3)C2)CC1. The van der Waals surface area contributed by atoms with Crippen molar-refractivity contribution in [3.8, 4) is 0 Å². The maximum atomic E-state index is 12.6. The third kappa shape index (κ3) is 4.37. The molecule has 0 saturated carbocycles. The summed E-state index contributed by atoms with van der Waals surface area (Å²) in [5.41, 5.74) is 0.689. The number of aliphatic hydroxyl groups is 1. The molecule has 4 nitrogen and oxygen atoms in total. The molecule has 0 aliphatic carbocycles. The van der Waals surface area contributed by atoms with Gasteiger partial charge in [-0.25, -0.2) is 0 Å². The lowest BCUT2D eigenvalue weighted by Gasteiger charge is -2.38. The molecular formula is C20H30N2O2. The van der Waals surface area contributed by atoms with Crippen LogP contribution >= 0.6 is 0 Å². The molecule has 1 aromatic rings. The number of carbonyl (C=O) groups is 1. The van der Waals surface area contributed by atoms with Crippen LogP contribution in [0.3, 0.4) is 0 Å². The van der Waals surface area contributed by atoms with Crippen molar-refractivity contribution in [2.45, 2.75) is 38.7 Å². The molecule has 1 amide bonds. The number of hydrogen-bond acceptors (Lipinski definition) is 3. The summed E-state index contributed by atoms with van der Waals surface area (Å²) in [6.45, 7) is 7.38. The minimum absolute atomic E-state index is 0.141. The average Bonchev–Trinajstić information content (AvgIpc) is 2.63. The predicted molar refractivity (Wildman–Crippen MR) is 95.5 cm³/mol. The molecule has 2 aliphatic heterocycles. The molecule has 3 rings (SSSR count). The van der Waals surface area contributed by atoms with E-state index in [1.165, 1.54) is 32.4 Å². The van der Waals surface area contributed by atoms with Gasteiger partial charge in [-0.05, 0) is 56.2 Å². The average molecular weight is 330 g/mol. The van der Waals surface area contributed by atoms with Crippen LogP contribution in [0.2, 0.25) is 0 Å². The van der Waals surface area contributed by atoms with Gasteiger partial charge in [0.25, 0.3) is 5.91 Å². The van der Waals surface area contributed by atoms with Gasteiger partial charge in [-0.1, -0.05) is 37.3 Å². The van der Waals surface area contributed by atoms with Crippen molar-refractivity contribution < 1.29 is 9.90 Å². The lowest BCUT2D eigenvalue weighted by atomic mass is 9.94. The molecule has 0 aromatic heterocycles. The molecule has 132 valence electrons. The van der Waals surface area contributed by atoms with E-state index in [1.54, 1.807) is 0 Å². The molecule has 2 unspecified atom stereocenters. The van der Waals surface area contributed by atoms with Gasteiger partial charge in [0, 0.05) is 19.6 Å². The van der Waals surface area contributed by atoms with E-state index in [9.17, 15) is 9.90 Å². The van der Waals surface area contributed by atoms with Crippen molar-refractivity contribution in [2.24, 2.45) is 11.8 Å². The molecule has 0 spiro atoms. The first-order valence-electron chi connectivity index (χ1n) is 9.37. The van der Waals surface area contributed by atoms with Crippen molar-refractivity contribution in [1.82, 2.24) is 9.80 Å². The first-order valence-corrected chi connectivity index (χ1v) is 9.37. The Morgan fingerprint density at radius 1 is 1.17 bits per heavy atom. The van der Waals surface area contributed by atoms with E-state index in [-0.39, 0.29) is 5.91 Å². The lowest BCUT2D eigenvalue weighted by Crippen LogP contribution is -2.46. The summed E-state index contributed by atoms with van der Waals surface area (Å²) in [5.74, 6) is 1.25. The molecule has 1 aromatic carbocycles. The number of piperidine rings is 2. The zero-order valence-corrected chi connectivity index (χ0v) is 14.7. The van der Waals surface area contributed by atoms with Crippen molar-refractivity contribution in [3.63, 3.8) is 0 Å². The van der Waals surface area contributed by atoms with Crippen LogP contribution < -0.4 is 0 Å². The minimum atomic E-state index is -1.03. The van der Waals surface area contributed by atoms with Crippen molar-refractivity contribution in [2.75, 3.05) is 32.7 Å². The maximum Gasteiger partial charge on any atom is 0.256 e. The van der Waals surface area contributed by atoms with Gasteiger partial charge >= 0.3 is 0 Å². The largest absolute Gasteiger partial charge is 0.378 e. The lowest BCUT2D eigenvalue weighted by molar-refractivity contribution is -0.142. The highest BCUT2D eigenvalue weighted by Gasteiger charge is 2.30. The Bertz CT molecular complexity index is 526. The smallest absolute Gasteiger partial charge is 0.256 e. The third-order valence-corrected chi connectivity index (χ3v) is 5.57. The molecule has 2 fully saturated rings. The number of rotatable bonds is 4. The standard InChI is InChI=1S/C20H30N2O2/c1-16-9-12-21(13-10-16)14-17-6-5-11-22(15-17)20(24)19(23)18-7-3-2-4-8-18/h2-4,7-8,16-17,19,23H,5-6,9-15H2,1H3. The van der Waals surface area contributed by atoms with Gasteiger partial charge in [0.1, 0.15) is 0 Å². The van der Waals surface area contributed by atoms with Crippen LogP contribution in [0.15, 0.2) is 30.3 Å².